The molecule has 0 aromatic carbocycles. The Kier molecular flexibility index (Phi) is 3.97. The molecule has 2 heterocycles. The van der Waals surface area contributed by atoms with Crippen LogP contribution in [-0.4, -0.2) is 28.6 Å². The van der Waals surface area contributed by atoms with Gasteiger partial charge in [-0.05, 0) is 19.1 Å². The minimum atomic E-state index is -0.417. The molecule has 2 aromatic rings. The standard InChI is InChI=1S/C12H14N4O3/c1-8-9(6-15-16-8)5-13-11(17)7-14-12(18)10-3-2-4-19-10/h2-4,6H,5,7H2,1H3,(H,13,17)(H,14,18)(H,15,16). The molecule has 7 heteroatoms. The first-order valence-electron chi connectivity index (χ1n) is 5.74. The van der Waals surface area contributed by atoms with Crippen LogP contribution in [0.15, 0.2) is 29.0 Å². The van der Waals surface area contributed by atoms with Gasteiger partial charge in [0, 0.05) is 17.8 Å². The van der Waals surface area contributed by atoms with E-state index >= 15 is 0 Å². The third-order valence-corrected chi connectivity index (χ3v) is 2.56. The first-order valence-corrected chi connectivity index (χ1v) is 5.74. The lowest BCUT2D eigenvalue weighted by Crippen LogP contribution is -2.36. The zero-order valence-corrected chi connectivity index (χ0v) is 10.4. The minimum Gasteiger partial charge on any atom is -0.459 e. The Morgan fingerprint density at radius 1 is 1.42 bits per heavy atom. The third-order valence-electron chi connectivity index (χ3n) is 2.56. The molecule has 0 fully saturated rings. The number of nitrogens with one attached hydrogen (secondary N) is 3. The number of rotatable bonds is 5. The van der Waals surface area contributed by atoms with Crippen molar-refractivity contribution < 1.29 is 14.0 Å². The van der Waals surface area contributed by atoms with Crippen molar-refractivity contribution in [3.63, 3.8) is 0 Å². The molecule has 2 aromatic heterocycles. The summed E-state index contributed by atoms with van der Waals surface area (Å²) in [6.07, 6.45) is 3.05. The number of amides is 2. The number of furan rings is 1. The van der Waals surface area contributed by atoms with Crippen LogP contribution in [0.3, 0.4) is 0 Å². The number of H-pyrrole nitrogens is 1. The van der Waals surface area contributed by atoms with Crippen molar-refractivity contribution in [1.82, 2.24) is 20.8 Å². The number of hydrogen-bond donors (Lipinski definition) is 3. The van der Waals surface area contributed by atoms with Gasteiger partial charge in [-0.3, -0.25) is 14.7 Å². The Morgan fingerprint density at radius 2 is 2.26 bits per heavy atom. The maximum atomic E-state index is 11.5. The van der Waals surface area contributed by atoms with E-state index in [9.17, 15) is 9.59 Å². The molecule has 100 valence electrons. The molecule has 7 nitrogen and oxygen atoms in total. The number of carbonyl (C=O) groups excluding carboxylic acids is 2. The van der Waals surface area contributed by atoms with Crippen LogP contribution in [0, 0.1) is 6.92 Å². The van der Waals surface area contributed by atoms with Crippen LogP contribution in [0.5, 0.6) is 0 Å². The lowest BCUT2D eigenvalue weighted by molar-refractivity contribution is -0.120. The molecule has 0 atom stereocenters. The van der Waals surface area contributed by atoms with Crippen LogP contribution in [0.25, 0.3) is 0 Å². The molecule has 0 aliphatic heterocycles. The smallest absolute Gasteiger partial charge is 0.287 e. The van der Waals surface area contributed by atoms with Crippen LogP contribution in [0.2, 0.25) is 0 Å². The molecule has 0 radical (unpaired) electrons. The van der Waals surface area contributed by atoms with Crippen molar-refractivity contribution in [2.24, 2.45) is 0 Å². The van der Waals surface area contributed by atoms with Gasteiger partial charge in [-0.15, -0.1) is 0 Å². The SMILES string of the molecule is Cc1[nH]ncc1CNC(=O)CNC(=O)c1ccco1. The van der Waals surface area contributed by atoms with Gasteiger partial charge in [-0.1, -0.05) is 0 Å². The van der Waals surface area contributed by atoms with Gasteiger partial charge in [0.25, 0.3) is 5.91 Å². The van der Waals surface area contributed by atoms with E-state index in [2.05, 4.69) is 20.8 Å². The lowest BCUT2D eigenvalue weighted by atomic mass is 10.2. The normalized spacial score (nSPS) is 10.2. The number of aryl methyl sites for hydroxylation is 1. The zero-order chi connectivity index (χ0) is 13.7. The molecule has 3 N–H and O–H groups in total. The maximum absolute atomic E-state index is 11.5. The summed E-state index contributed by atoms with van der Waals surface area (Å²) < 4.78 is 4.91. The molecule has 0 aliphatic carbocycles. The highest BCUT2D eigenvalue weighted by molar-refractivity contribution is 5.94. The van der Waals surface area contributed by atoms with Gasteiger partial charge in [0.05, 0.1) is 19.0 Å². The average Bonchev–Trinajstić information content (AvgIpc) is 3.05. The molecule has 0 bridgehead atoms. The summed E-state index contributed by atoms with van der Waals surface area (Å²) in [7, 11) is 0. The molecule has 0 spiro atoms. The molecular formula is C12H14N4O3. The highest BCUT2D eigenvalue weighted by atomic mass is 16.3. The first kappa shape index (κ1) is 12.9. The Balaban J connectivity index is 1.73. The van der Waals surface area contributed by atoms with Crippen LogP contribution in [0.4, 0.5) is 0 Å². The predicted molar refractivity (Wildman–Crippen MR) is 66.2 cm³/mol. The van der Waals surface area contributed by atoms with Gasteiger partial charge in [-0.2, -0.15) is 5.10 Å². The number of aromatic nitrogens is 2. The Hall–Kier alpha value is -2.57. The number of nitrogens with zero attached hydrogens (tertiary/aromatic N) is 1. The molecule has 0 aliphatic rings. The van der Waals surface area contributed by atoms with Gasteiger partial charge in [0.2, 0.25) is 5.91 Å². The monoisotopic (exact) mass is 262 g/mol. The van der Waals surface area contributed by atoms with Crippen LogP contribution in [-0.2, 0) is 11.3 Å². The van der Waals surface area contributed by atoms with Crippen LogP contribution < -0.4 is 10.6 Å². The van der Waals surface area contributed by atoms with Crippen molar-refractivity contribution in [1.29, 1.82) is 0 Å². The molecule has 0 unspecified atom stereocenters. The topological polar surface area (TPSA) is 100 Å². The molecular weight excluding hydrogens is 248 g/mol. The molecule has 2 rings (SSSR count). The number of aromatic amines is 1. The average molecular weight is 262 g/mol. The Labute approximate surface area is 109 Å². The number of carbonyl (C=O) groups is 2. The second-order valence-electron chi connectivity index (χ2n) is 3.96. The van der Waals surface area contributed by atoms with Gasteiger partial charge in [0.15, 0.2) is 5.76 Å². The van der Waals surface area contributed by atoms with Gasteiger partial charge in [-0.25, -0.2) is 0 Å². The quantitative estimate of drug-likeness (QED) is 0.724. The van der Waals surface area contributed by atoms with E-state index in [0.29, 0.717) is 6.54 Å². The molecule has 0 saturated heterocycles. The minimum absolute atomic E-state index is 0.101. The number of hydrogen-bond acceptors (Lipinski definition) is 4. The summed E-state index contributed by atoms with van der Waals surface area (Å²) in [4.78, 5) is 23.0. The molecule has 0 saturated carbocycles. The van der Waals surface area contributed by atoms with Crippen molar-refractivity contribution in [2.45, 2.75) is 13.5 Å². The van der Waals surface area contributed by atoms with Crippen molar-refractivity contribution in [3.05, 3.63) is 41.6 Å². The largest absolute Gasteiger partial charge is 0.459 e. The summed E-state index contributed by atoms with van der Waals surface area (Å²) in [6, 6.07) is 3.14. The van der Waals surface area contributed by atoms with Gasteiger partial charge in [0.1, 0.15) is 0 Å². The van der Waals surface area contributed by atoms with Gasteiger partial charge >= 0.3 is 0 Å². The van der Waals surface area contributed by atoms with E-state index in [0.717, 1.165) is 11.3 Å². The summed E-state index contributed by atoms with van der Waals surface area (Å²) in [5.41, 5.74) is 1.81. The predicted octanol–water partition coefficient (Wildman–Crippen LogP) is 0.357. The van der Waals surface area contributed by atoms with E-state index in [1.54, 1.807) is 12.3 Å². The maximum Gasteiger partial charge on any atom is 0.287 e. The van der Waals surface area contributed by atoms with E-state index in [1.807, 2.05) is 6.92 Å². The summed E-state index contributed by atoms with van der Waals surface area (Å²) >= 11 is 0. The van der Waals surface area contributed by atoms with Crippen molar-refractivity contribution in [3.8, 4) is 0 Å². The van der Waals surface area contributed by atoms with E-state index in [1.165, 1.54) is 12.3 Å². The first-order chi connectivity index (χ1) is 9.16. The fraction of sp³-hybridized carbons (Fsp3) is 0.250. The summed E-state index contributed by atoms with van der Waals surface area (Å²) in [5, 5.41) is 11.8. The van der Waals surface area contributed by atoms with Crippen molar-refractivity contribution in [2.75, 3.05) is 6.54 Å². The van der Waals surface area contributed by atoms with E-state index in [-0.39, 0.29) is 18.2 Å². The zero-order valence-electron chi connectivity index (χ0n) is 10.4. The highest BCUT2D eigenvalue weighted by Crippen LogP contribution is 2.01. The summed E-state index contributed by atoms with van der Waals surface area (Å²) in [5.74, 6) is -0.515. The Morgan fingerprint density at radius 3 is 2.89 bits per heavy atom. The van der Waals surface area contributed by atoms with Gasteiger partial charge < -0.3 is 15.1 Å². The molecule has 2 amide bonds. The van der Waals surface area contributed by atoms with E-state index < -0.39 is 5.91 Å². The fourth-order valence-electron chi connectivity index (χ4n) is 1.47. The second kappa shape index (κ2) is 5.85. The van der Waals surface area contributed by atoms with Crippen LogP contribution in [0.1, 0.15) is 21.8 Å². The third kappa shape index (κ3) is 3.44. The van der Waals surface area contributed by atoms with Crippen LogP contribution >= 0.6 is 0 Å². The highest BCUT2D eigenvalue weighted by Gasteiger charge is 2.10. The summed E-state index contributed by atoms with van der Waals surface area (Å²) in [6.45, 7) is 2.14. The van der Waals surface area contributed by atoms with Crippen molar-refractivity contribution >= 4 is 11.8 Å². The Bertz CT molecular complexity index is 559. The second-order valence-corrected chi connectivity index (χ2v) is 3.96. The lowest BCUT2D eigenvalue weighted by Gasteiger charge is -2.05. The van der Waals surface area contributed by atoms with E-state index in [4.69, 9.17) is 4.42 Å². The molecule has 19 heavy (non-hydrogen) atoms. The fourth-order valence-corrected chi connectivity index (χ4v) is 1.47.